The van der Waals surface area contributed by atoms with Crippen LogP contribution in [0.4, 0.5) is 8.78 Å². The molecule has 0 amide bonds. The smallest absolute Gasteiger partial charge is 0.126 e. The summed E-state index contributed by atoms with van der Waals surface area (Å²) >= 11 is 5.77. The molecule has 1 nitrogen and oxygen atoms in total. The Balaban J connectivity index is 2.18. The van der Waals surface area contributed by atoms with Crippen molar-refractivity contribution in [3.8, 4) is 0 Å². The number of rotatable bonds is 3. The lowest BCUT2D eigenvalue weighted by Gasteiger charge is -2.12. The van der Waals surface area contributed by atoms with Crippen molar-refractivity contribution in [2.45, 2.75) is 12.5 Å². The van der Waals surface area contributed by atoms with Crippen LogP contribution in [-0.2, 0) is 6.42 Å². The molecule has 0 aliphatic carbocycles. The van der Waals surface area contributed by atoms with Gasteiger partial charge < -0.3 is 5.11 Å². The monoisotopic (exact) mass is 268 g/mol. The molecule has 0 heterocycles. The summed E-state index contributed by atoms with van der Waals surface area (Å²) in [5.41, 5.74) is 0.870. The van der Waals surface area contributed by atoms with Crippen LogP contribution in [0.5, 0.6) is 0 Å². The van der Waals surface area contributed by atoms with Crippen molar-refractivity contribution >= 4 is 11.6 Å². The molecule has 0 aromatic heterocycles. The van der Waals surface area contributed by atoms with Gasteiger partial charge in [-0.25, -0.2) is 8.78 Å². The van der Waals surface area contributed by atoms with E-state index < -0.39 is 11.9 Å². The normalized spacial score (nSPS) is 12.4. The van der Waals surface area contributed by atoms with Crippen molar-refractivity contribution < 1.29 is 13.9 Å². The maximum absolute atomic E-state index is 13.5. The quantitative estimate of drug-likeness (QED) is 0.895. The summed E-state index contributed by atoms with van der Waals surface area (Å²) in [6.45, 7) is 0. The highest BCUT2D eigenvalue weighted by atomic mass is 35.5. The van der Waals surface area contributed by atoms with Gasteiger partial charge in [0.05, 0.1) is 6.10 Å². The van der Waals surface area contributed by atoms with E-state index in [-0.39, 0.29) is 12.2 Å². The second kappa shape index (κ2) is 5.46. The summed E-state index contributed by atoms with van der Waals surface area (Å²) < 4.78 is 26.2. The Bertz CT molecular complexity index is 540. The Morgan fingerprint density at radius 2 is 1.72 bits per heavy atom. The number of aliphatic hydroxyl groups excluding tert-OH is 1. The number of benzene rings is 2. The molecule has 0 bridgehead atoms. The van der Waals surface area contributed by atoms with Crippen LogP contribution in [0.2, 0.25) is 5.02 Å². The molecular weight excluding hydrogens is 258 g/mol. The molecule has 0 saturated heterocycles. The van der Waals surface area contributed by atoms with Gasteiger partial charge in [-0.1, -0.05) is 23.7 Å². The van der Waals surface area contributed by atoms with Gasteiger partial charge in [0.25, 0.3) is 0 Å². The fourth-order valence-corrected chi connectivity index (χ4v) is 1.91. The SMILES string of the molecule is OC(Cc1cc(Cl)ccc1F)c1ccc(F)cc1. The lowest BCUT2D eigenvalue weighted by Crippen LogP contribution is -2.03. The third-order valence-electron chi connectivity index (χ3n) is 2.68. The molecule has 2 rings (SSSR count). The second-order valence-corrected chi connectivity index (χ2v) is 4.44. The van der Waals surface area contributed by atoms with E-state index in [1.165, 1.54) is 42.5 Å². The van der Waals surface area contributed by atoms with Gasteiger partial charge >= 0.3 is 0 Å². The maximum Gasteiger partial charge on any atom is 0.126 e. The second-order valence-electron chi connectivity index (χ2n) is 4.01. The zero-order valence-electron chi connectivity index (χ0n) is 9.41. The molecule has 18 heavy (non-hydrogen) atoms. The van der Waals surface area contributed by atoms with Gasteiger partial charge in [-0.15, -0.1) is 0 Å². The van der Waals surface area contributed by atoms with Gasteiger partial charge in [0.2, 0.25) is 0 Å². The molecule has 1 atom stereocenters. The topological polar surface area (TPSA) is 20.2 Å². The van der Waals surface area contributed by atoms with Gasteiger partial charge in [0.1, 0.15) is 11.6 Å². The minimum atomic E-state index is -0.890. The van der Waals surface area contributed by atoms with Crippen molar-refractivity contribution in [2.24, 2.45) is 0 Å². The minimum Gasteiger partial charge on any atom is -0.388 e. The summed E-state index contributed by atoms with van der Waals surface area (Å²) in [5.74, 6) is -0.791. The van der Waals surface area contributed by atoms with Crippen molar-refractivity contribution in [1.29, 1.82) is 0 Å². The predicted octanol–water partition coefficient (Wildman–Crippen LogP) is 3.89. The first-order valence-electron chi connectivity index (χ1n) is 5.44. The van der Waals surface area contributed by atoms with Crippen molar-refractivity contribution in [1.82, 2.24) is 0 Å². The minimum absolute atomic E-state index is 0.0953. The highest BCUT2D eigenvalue weighted by molar-refractivity contribution is 6.30. The highest BCUT2D eigenvalue weighted by Crippen LogP contribution is 2.22. The van der Waals surface area contributed by atoms with E-state index in [0.29, 0.717) is 16.1 Å². The summed E-state index contributed by atoms with van der Waals surface area (Å²) in [6.07, 6.45) is -0.795. The molecule has 0 radical (unpaired) electrons. The summed E-state index contributed by atoms with van der Waals surface area (Å²) in [7, 11) is 0. The van der Waals surface area contributed by atoms with Gasteiger partial charge in [-0.2, -0.15) is 0 Å². The molecule has 4 heteroatoms. The standard InChI is InChI=1S/C14H11ClF2O/c15-11-3-6-13(17)10(7-11)8-14(18)9-1-4-12(16)5-2-9/h1-7,14,18H,8H2. The third-order valence-corrected chi connectivity index (χ3v) is 2.91. The van der Waals surface area contributed by atoms with Crippen LogP contribution in [0.15, 0.2) is 42.5 Å². The fraction of sp³-hybridized carbons (Fsp3) is 0.143. The molecule has 0 saturated carbocycles. The Labute approximate surface area is 109 Å². The van der Waals surface area contributed by atoms with Crippen molar-refractivity contribution in [3.05, 3.63) is 70.2 Å². The van der Waals surface area contributed by atoms with Crippen LogP contribution in [0.3, 0.4) is 0 Å². The van der Waals surface area contributed by atoms with E-state index in [2.05, 4.69) is 0 Å². The average molecular weight is 269 g/mol. The lowest BCUT2D eigenvalue weighted by atomic mass is 10.0. The largest absolute Gasteiger partial charge is 0.388 e. The van der Waals surface area contributed by atoms with Crippen LogP contribution in [0.25, 0.3) is 0 Å². The molecule has 1 N–H and O–H groups in total. The van der Waals surface area contributed by atoms with Gasteiger partial charge in [-0.05, 0) is 41.5 Å². The number of hydrogen-bond acceptors (Lipinski definition) is 1. The molecule has 0 fully saturated rings. The van der Waals surface area contributed by atoms with Crippen molar-refractivity contribution in [2.75, 3.05) is 0 Å². The zero-order valence-corrected chi connectivity index (χ0v) is 10.2. The molecular formula is C14H11ClF2O. The zero-order chi connectivity index (χ0) is 13.1. The molecule has 2 aromatic carbocycles. The van der Waals surface area contributed by atoms with E-state index in [9.17, 15) is 13.9 Å². The number of aliphatic hydroxyl groups is 1. The van der Waals surface area contributed by atoms with Crippen LogP contribution < -0.4 is 0 Å². The first-order chi connectivity index (χ1) is 8.56. The molecule has 1 unspecified atom stereocenters. The average Bonchev–Trinajstić information content (AvgIpc) is 2.34. The Kier molecular flexibility index (Phi) is 3.94. The lowest BCUT2D eigenvalue weighted by molar-refractivity contribution is 0.177. The van der Waals surface area contributed by atoms with Crippen LogP contribution in [0.1, 0.15) is 17.2 Å². The van der Waals surface area contributed by atoms with Crippen molar-refractivity contribution in [3.63, 3.8) is 0 Å². The highest BCUT2D eigenvalue weighted by Gasteiger charge is 2.12. The molecule has 2 aromatic rings. The first kappa shape index (κ1) is 13.0. The Morgan fingerprint density at radius 1 is 1.06 bits per heavy atom. The molecule has 0 aliphatic rings. The van der Waals surface area contributed by atoms with Gasteiger partial charge in [-0.3, -0.25) is 0 Å². The third kappa shape index (κ3) is 3.06. The maximum atomic E-state index is 13.5. The van der Waals surface area contributed by atoms with Crippen LogP contribution >= 0.6 is 11.6 Å². The van der Waals surface area contributed by atoms with Crippen LogP contribution in [0, 0.1) is 11.6 Å². The Morgan fingerprint density at radius 3 is 2.39 bits per heavy atom. The number of halogens is 3. The van der Waals surface area contributed by atoms with Crippen LogP contribution in [-0.4, -0.2) is 5.11 Å². The van der Waals surface area contributed by atoms with Gasteiger partial charge in [0, 0.05) is 11.4 Å². The summed E-state index contributed by atoms with van der Waals surface area (Å²) in [4.78, 5) is 0. The van der Waals surface area contributed by atoms with E-state index in [4.69, 9.17) is 11.6 Å². The fourth-order valence-electron chi connectivity index (χ4n) is 1.71. The summed E-state index contributed by atoms with van der Waals surface area (Å²) in [6, 6.07) is 9.65. The molecule has 94 valence electrons. The molecule has 0 spiro atoms. The first-order valence-corrected chi connectivity index (χ1v) is 5.81. The van der Waals surface area contributed by atoms with E-state index in [0.717, 1.165) is 0 Å². The van der Waals surface area contributed by atoms with Gasteiger partial charge in [0.15, 0.2) is 0 Å². The Hall–Kier alpha value is -1.45. The summed E-state index contributed by atoms with van der Waals surface area (Å²) in [5, 5.41) is 10.4. The van der Waals surface area contributed by atoms with E-state index in [1.54, 1.807) is 0 Å². The number of hydrogen-bond donors (Lipinski definition) is 1. The van der Waals surface area contributed by atoms with E-state index >= 15 is 0 Å². The molecule has 0 aliphatic heterocycles. The van der Waals surface area contributed by atoms with E-state index in [1.807, 2.05) is 0 Å². The predicted molar refractivity (Wildman–Crippen MR) is 66.5 cm³/mol.